The molecule has 17 heteroatoms. The summed E-state index contributed by atoms with van der Waals surface area (Å²) in [7, 11) is 5.46. The van der Waals surface area contributed by atoms with E-state index in [9.17, 15) is 19.3 Å². The Morgan fingerprint density at radius 2 is 1.86 bits per heavy atom. The predicted octanol–water partition coefficient (Wildman–Crippen LogP) is 6.56. The minimum atomic E-state index is -1.20. The van der Waals surface area contributed by atoms with Crippen molar-refractivity contribution in [2.24, 2.45) is 22.9 Å². The van der Waals surface area contributed by atoms with E-state index >= 15 is 0 Å². The molecule has 2 N–H and O–H groups in total. The second-order valence-corrected chi connectivity index (χ2v) is 18.6. The van der Waals surface area contributed by atoms with Gasteiger partial charge < -0.3 is 43.7 Å². The second kappa shape index (κ2) is 19.7. The number of amides is 1. The molecule has 0 bridgehead atoms. The maximum atomic E-state index is 13.5. The normalized spacial score (nSPS) is 31.5. The fourth-order valence-corrected chi connectivity index (χ4v) is 9.91. The number of cyclic esters (lactones) is 2. The van der Waals surface area contributed by atoms with Crippen LogP contribution in [0.4, 0.5) is 4.79 Å². The zero-order valence-electron chi connectivity index (χ0n) is 36.2. The molecule has 0 spiro atoms. The zero-order valence-corrected chi connectivity index (χ0v) is 37.1. The SMILES string of the molecule is CC[C@@H](O)[C@@]1(C)OC(=O)N(CCCCN=[N+]=[N-])[C@@H]1[C@H](NC[C@H](C)C[C@@](C)(OC)[C@H](O[C@@H]1OC(C)CC(N(C)C)C1P=O)[C@@H](C)C1=C(C)C(=O)OC(C)(C)O1)C1CC1. The van der Waals surface area contributed by atoms with Crippen molar-refractivity contribution in [1.82, 2.24) is 15.1 Å². The highest BCUT2D eigenvalue weighted by Gasteiger charge is 2.59. The van der Waals surface area contributed by atoms with Crippen molar-refractivity contribution in [3.8, 4) is 0 Å². The summed E-state index contributed by atoms with van der Waals surface area (Å²) in [5.74, 6) is -1.47. The lowest BCUT2D eigenvalue weighted by Crippen LogP contribution is -2.62. The smallest absolute Gasteiger partial charge is 0.410 e. The summed E-state index contributed by atoms with van der Waals surface area (Å²) in [5, 5.41) is 18.8. The van der Waals surface area contributed by atoms with Gasteiger partial charge in [0.05, 0.1) is 35.5 Å². The fraction of sp³-hybridized carbons (Fsp3) is 0.900. The Morgan fingerprint density at radius 3 is 2.44 bits per heavy atom. The van der Waals surface area contributed by atoms with Crippen molar-refractivity contribution in [2.45, 2.75) is 173 Å². The molecular formula is C40H69N6O10P. The van der Waals surface area contributed by atoms with E-state index < -0.39 is 65.2 Å². The van der Waals surface area contributed by atoms with Crippen LogP contribution in [-0.2, 0) is 37.8 Å². The standard InChI is InChI=1S/C40H69N6O10P/c1-13-29(47)40(9)33(46(37(49)56-40)19-15-14-18-43-44-41)30(27-16-17-27)42-22-23(2)21-39(8,51-12)34(25(4)31-26(5)35(48)55-38(6,7)54-31)53-36-32(57-50)28(45(10)11)20-24(3)52-36/h23-25,27-30,32-34,36,42,47H,13-22H2,1-12H3/t23-,24?,25+,28?,29-,30-,32?,33-,34-,36+,39-,40-/m1/s1. The number of ether oxygens (including phenoxy) is 6. The number of methoxy groups -OCH3 is 1. The third kappa shape index (κ3) is 11.0. The molecule has 0 radical (unpaired) electrons. The molecule has 1 aliphatic carbocycles. The summed E-state index contributed by atoms with van der Waals surface area (Å²) >= 11 is 0. The van der Waals surface area contributed by atoms with Crippen molar-refractivity contribution in [3.63, 3.8) is 0 Å². The Bertz CT molecular complexity index is 1490. The minimum absolute atomic E-state index is 0.00919. The third-order valence-corrected chi connectivity index (χ3v) is 13.2. The number of hydrogen-bond acceptors (Lipinski definition) is 13. The number of unbranched alkanes of at least 4 members (excludes halogenated alkanes) is 1. The van der Waals surface area contributed by atoms with E-state index in [1.165, 1.54) is 0 Å². The number of azide groups is 1. The molecular weight excluding hydrogens is 755 g/mol. The number of rotatable bonds is 22. The molecule has 16 nitrogen and oxygen atoms in total. The van der Waals surface area contributed by atoms with Crippen molar-refractivity contribution in [3.05, 3.63) is 21.8 Å². The first-order chi connectivity index (χ1) is 26.8. The van der Waals surface area contributed by atoms with Gasteiger partial charge in [-0.05, 0) is 111 Å². The van der Waals surface area contributed by atoms with Crippen molar-refractivity contribution < 1.29 is 47.7 Å². The predicted molar refractivity (Wildman–Crippen MR) is 214 cm³/mol. The van der Waals surface area contributed by atoms with Crippen LogP contribution in [0, 0.1) is 17.8 Å². The molecule has 1 saturated carbocycles. The largest absolute Gasteiger partial charge is 0.456 e. The molecule has 3 heterocycles. The molecule has 0 aromatic heterocycles. The lowest BCUT2D eigenvalue weighted by atomic mass is 9.79. The first-order valence-electron chi connectivity index (χ1n) is 20.7. The lowest BCUT2D eigenvalue weighted by Gasteiger charge is -2.47. The van der Waals surface area contributed by atoms with Crippen molar-refractivity contribution in [2.75, 3.05) is 40.8 Å². The maximum absolute atomic E-state index is 13.5. The third-order valence-electron chi connectivity index (χ3n) is 12.4. The van der Waals surface area contributed by atoms with Gasteiger partial charge in [-0.3, -0.25) is 9.46 Å². The summed E-state index contributed by atoms with van der Waals surface area (Å²) in [5.41, 5.74) is 6.46. The fourth-order valence-electron chi connectivity index (χ4n) is 9.14. The van der Waals surface area contributed by atoms with Crippen LogP contribution in [0.5, 0.6) is 0 Å². The average molecular weight is 825 g/mol. The highest BCUT2D eigenvalue weighted by molar-refractivity contribution is 7.25. The van der Waals surface area contributed by atoms with E-state index in [4.69, 9.17) is 34.0 Å². The number of aliphatic hydroxyl groups excluding tert-OH is 1. The van der Waals surface area contributed by atoms with Gasteiger partial charge in [0.25, 0.3) is 0 Å². The Balaban J connectivity index is 1.64. The summed E-state index contributed by atoms with van der Waals surface area (Å²) < 4.78 is 50.5. The van der Waals surface area contributed by atoms with Crippen LogP contribution in [0.2, 0.25) is 0 Å². The molecule has 324 valence electrons. The van der Waals surface area contributed by atoms with E-state index in [0.29, 0.717) is 63.1 Å². The first kappa shape index (κ1) is 47.1. The molecule has 4 aliphatic rings. The summed E-state index contributed by atoms with van der Waals surface area (Å²) in [6, 6.07) is -0.653. The number of carbonyl (C=O) groups excluding carboxylic acids is 2. The highest BCUT2D eigenvalue weighted by Crippen LogP contribution is 2.45. The van der Waals surface area contributed by atoms with Gasteiger partial charge in [0, 0.05) is 57.0 Å². The van der Waals surface area contributed by atoms with Crippen molar-refractivity contribution >= 4 is 20.5 Å². The monoisotopic (exact) mass is 824 g/mol. The topological polar surface area (TPSA) is 194 Å². The second-order valence-electron chi connectivity index (χ2n) is 17.8. The van der Waals surface area contributed by atoms with Crippen LogP contribution in [0.15, 0.2) is 16.4 Å². The van der Waals surface area contributed by atoms with Gasteiger partial charge in [-0.2, -0.15) is 0 Å². The maximum Gasteiger partial charge on any atom is 0.410 e. The van der Waals surface area contributed by atoms with Crippen LogP contribution in [-0.4, -0.2) is 133 Å². The molecule has 4 rings (SSSR count). The van der Waals surface area contributed by atoms with Gasteiger partial charge in [0.2, 0.25) is 5.79 Å². The van der Waals surface area contributed by atoms with Crippen molar-refractivity contribution in [1.29, 1.82) is 0 Å². The Hall–Kier alpha value is -2.55. The molecule has 2 saturated heterocycles. The zero-order chi connectivity index (χ0) is 42.5. The van der Waals surface area contributed by atoms with Gasteiger partial charge >= 0.3 is 12.1 Å². The van der Waals surface area contributed by atoms with E-state index in [-0.39, 0.29) is 38.5 Å². The van der Waals surface area contributed by atoms with Crippen LogP contribution in [0.1, 0.15) is 107 Å². The van der Waals surface area contributed by atoms with Gasteiger partial charge in [0.1, 0.15) is 11.4 Å². The number of aliphatic hydroxyl groups is 1. The van der Waals surface area contributed by atoms with E-state index in [0.717, 1.165) is 12.8 Å². The summed E-state index contributed by atoms with van der Waals surface area (Å²) in [6.45, 7) is 18.1. The van der Waals surface area contributed by atoms with Gasteiger partial charge in [-0.25, -0.2) is 9.59 Å². The quantitative estimate of drug-likeness (QED) is 0.0299. The van der Waals surface area contributed by atoms with E-state index in [2.05, 4.69) is 27.2 Å². The molecule has 1 amide bonds. The number of hydrogen-bond donors (Lipinski definition) is 2. The van der Waals surface area contributed by atoms with Gasteiger partial charge in [-0.1, -0.05) is 25.9 Å². The lowest BCUT2D eigenvalue weighted by molar-refractivity contribution is -0.266. The van der Waals surface area contributed by atoms with Crippen LogP contribution < -0.4 is 5.32 Å². The van der Waals surface area contributed by atoms with Crippen LogP contribution in [0.3, 0.4) is 0 Å². The first-order valence-corrected chi connectivity index (χ1v) is 21.5. The number of carbonyl (C=O) groups is 2. The summed E-state index contributed by atoms with van der Waals surface area (Å²) in [6.07, 6.45) is 1.78. The molecule has 0 aromatic carbocycles. The molecule has 3 unspecified atom stereocenters. The molecule has 0 aromatic rings. The Morgan fingerprint density at radius 1 is 1.18 bits per heavy atom. The number of esters is 1. The molecule has 3 aliphatic heterocycles. The number of nitrogens with one attached hydrogen (secondary N) is 1. The van der Waals surface area contributed by atoms with E-state index in [1.807, 2.05) is 48.7 Å². The van der Waals surface area contributed by atoms with Gasteiger partial charge in [-0.15, -0.1) is 0 Å². The molecule has 3 fully saturated rings. The minimum Gasteiger partial charge on any atom is -0.456 e. The van der Waals surface area contributed by atoms with Gasteiger partial charge in [0.15, 0.2) is 20.4 Å². The highest BCUT2D eigenvalue weighted by atomic mass is 31.1. The molecule has 57 heavy (non-hydrogen) atoms. The molecule has 12 atom stereocenters. The summed E-state index contributed by atoms with van der Waals surface area (Å²) in [4.78, 5) is 33.2. The number of nitrogens with zero attached hydrogens (tertiary/aromatic N) is 5. The Kier molecular flexibility index (Phi) is 16.3. The van der Waals surface area contributed by atoms with Crippen LogP contribution >= 0.6 is 8.46 Å². The Labute approximate surface area is 340 Å². The van der Waals surface area contributed by atoms with E-state index in [1.54, 1.807) is 32.8 Å². The van der Waals surface area contributed by atoms with Crippen LogP contribution in [0.25, 0.3) is 10.4 Å². The average Bonchev–Trinajstić information content (AvgIpc) is 3.96.